The van der Waals surface area contributed by atoms with E-state index in [0.717, 1.165) is 0 Å². The molecule has 0 aliphatic heterocycles. The summed E-state index contributed by atoms with van der Waals surface area (Å²) in [5.41, 5.74) is 0.573. The number of anilines is 1. The zero-order valence-electron chi connectivity index (χ0n) is 10.6. The molecule has 8 heteroatoms. The minimum absolute atomic E-state index is 0.169. The van der Waals surface area contributed by atoms with Crippen LogP contribution in [0.5, 0.6) is 5.95 Å². The summed E-state index contributed by atoms with van der Waals surface area (Å²) in [6.07, 6.45) is 0.251. The van der Waals surface area contributed by atoms with Crippen LogP contribution in [0, 0.1) is 0 Å². The van der Waals surface area contributed by atoms with Gasteiger partial charge in [0, 0.05) is 12.2 Å². The SMILES string of the molecule is C[n+]1noc([O-])c1SCCC(=O)Nc1ccccc1Cl. The highest BCUT2D eigenvalue weighted by Crippen LogP contribution is 2.23. The van der Waals surface area contributed by atoms with Gasteiger partial charge in [-0.15, -0.1) is 0 Å². The first kappa shape index (κ1) is 14.7. The number of carbonyl (C=O) groups excluding carboxylic acids is 1. The Balaban J connectivity index is 1.83. The standard InChI is InChI=1S/C12H12ClN3O3S/c1-16-11(12(18)19-15-16)20-7-6-10(17)14-9-5-3-2-4-8(9)13/h2-5H,6-7H2,1H3,(H-,14,15,17,18). The van der Waals surface area contributed by atoms with Gasteiger partial charge in [0.05, 0.1) is 16.0 Å². The number of aryl methyl sites for hydroxylation is 1. The number of benzene rings is 1. The molecular weight excluding hydrogens is 302 g/mol. The number of hydrogen-bond acceptors (Lipinski definition) is 5. The van der Waals surface area contributed by atoms with Crippen molar-refractivity contribution >= 4 is 35.0 Å². The van der Waals surface area contributed by atoms with E-state index in [2.05, 4.69) is 15.1 Å². The van der Waals surface area contributed by atoms with Crippen molar-refractivity contribution in [1.82, 2.24) is 5.27 Å². The molecular formula is C12H12ClN3O3S. The van der Waals surface area contributed by atoms with Crippen LogP contribution in [0.4, 0.5) is 5.69 Å². The summed E-state index contributed by atoms with van der Waals surface area (Å²) in [5, 5.41) is 18.3. The van der Waals surface area contributed by atoms with Crippen molar-refractivity contribution in [3.8, 4) is 5.95 Å². The second kappa shape index (κ2) is 6.62. The van der Waals surface area contributed by atoms with Crippen molar-refractivity contribution < 1.29 is 19.1 Å². The molecule has 2 rings (SSSR count). The van der Waals surface area contributed by atoms with Crippen LogP contribution in [0.3, 0.4) is 0 Å². The third kappa shape index (κ3) is 3.64. The van der Waals surface area contributed by atoms with E-state index in [-0.39, 0.29) is 12.3 Å². The van der Waals surface area contributed by atoms with Gasteiger partial charge in [-0.1, -0.05) is 40.2 Å². The van der Waals surface area contributed by atoms with Crippen molar-refractivity contribution in [3.05, 3.63) is 29.3 Å². The van der Waals surface area contributed by atoms with Crippen LogP contribution >= 0.6 is 23.4 Å². The van der Waals surface area contributed by atoms with Crippen LogP contribution in [0.1, 0.15) is 6.42 Å². The summed E-state index contributed by atoms with van der Waals surface area (Å²) in [5.74, 6) is -0.221. The Morgan fingerprint density at radius 3 is 2.95 bits per heavy atom. The van der Waals surface area contributed by atoms with Gasteiger partial charge < -0.3 is 14.9 Å². The number of aromatic nitrogens is 2. The smallest absolute Gasteiger partial charge is 0.290 e. The Morgan fingerprint density at radius 1 is 1.55 bits per heavy atom. The molecule has 20 heavy (non-hydrogen) atoms. The minimum Gasteiger partial charge on any atom is -0.538 e. The maximum Gasteiger partial charge on any atom is 0.290 e. The fourth-order valence-electron chi connectivity index (χ4n) is 1.47. The Bertz CT molecular complexity index is 598. The Morgan fingerprint density at radius 2 is 2.30 bits per heavy atom. The molecule has 1 N–H and O–H groups in total. The molecule has 106 valence electrons. The fourth-order valence-corrected chi connectivity index (χ4v) is 2.51. The number of nitrogens with one attached hydrogen (secondary N) is 1. The summed E-state index contributed by atoms with van der Waals surface area (Å²) in [6.45, 7) is 0. The van der Waals surface area contributed by atoms with Crippen LogP contribution in [-0.4, -0.2) is 16.9 Å². The molecule has 0 saturated heterocycles. The summed E-state index contributed by atoms with van der Waals surface area (Å²) < 4.78 is 5.83. The number of amides is 1. The predicted molar refractivity (Wildman–Crippen MR) is 72.5 cm³/mol. The maximum atomic E-state index is 11.8. The lowest BCUT2D eigenvalue weighted by Gasteiger charge is -2.06. The monoisotopic (exact) mass is 313 g/mol. The highest BCUT2D eigenvalue weighted by molar-refractivity contribution is 7.99. The van der Waals surface area contributed by atoms with Crippen LogP contribution in [0.25, 0.3) is 0 Å². The molecule has 1 aromatic heterocycles. The molecule has 0 atom stereocenters. The van der Waals surface area contributed by atoms with Gasteiger partial charge in [-0.3, -0.25) is 4.79 Å². The number of para-hydroxylation sites is 1. The first-order valence-electron chi connectivity index (χ1n) is 5.78. The highest BCUT2D eigenvalue weighted by atomic mass is 35.5. The third-order valence-electron chi connectivity index (χ3n) is 2.43. The van der Waals surface area contributed by atoms with Crippen molar-refractivity contribution in [1.29, 1.82) is 0 Å². The number of hydrogen-bond donors (Lipinski definition) is 1. The molecule has 0 unspecified atom stereocenters. The number of carbonyl (C=O) groups is 1. The highest BCUT2D eigenvalue weighted by Gasteiger charge is 2.14. The van der Waals surface area contributed by atoms with E-state index in [1.165, 1.54) is 16.4 Å². The van der Waals surface area contributed by atoms with Gasteiger partial charge in [-0.05, 0) is 12.1 Å². The Hall–Kier alpha value is -1.73. The molecule has 1 aromatic carbocycles. The van der Waals surface area contributed by atoms with E-state index in [1.54, 1.807) is 31.3 Å². The van der Waals surface area contributed by atoms with Gasteiger partial charge in [0.2, 0.25) is 5.91 Å². The van der Waals surface area contributed by atoms with Crippen molar-refractivity contribution in [2.75, 3.05) is 11.1 Å². The minimum atomic E-state index is -0.496. The average Bonchev–Trinajstić information content (AvgIpc) is 2.73. The van der Waals surface area contributed by atoms with Gasteiger partial charge in [0.25, 0.3) is 5.03 Å². The number of rotatable bonds is 5. The summed E-state index contributed by atoms with van der Waals surface area (Å²) in [4.78, 5) is 11.8. The van der Waals surface area contributed by atoms with Gasteiger partial charge in [-0.2, -0.15) is 0 Å². The zero-order valence-corrected chi connectivity index (χ0v) is 12.2. The molecule has 0 fully saturated rings. The summed E-state index contributed by atoms with van der Waals surface area (Å²) >= 11 is 7.16. The van der Waals surface area contributed by atoms with Gasteiger partial charge in [0.1, 0.15) is 0 Å². The molecule has 1 heterocycles. The van der Waals surface area contributed by atoms with Crippen molar-refractivity contribution in [2.45, 2.75) is 11.4 Å². The number of halogens is 1. The molecule has 0 radical (unpaired) electrons. The van der Waals surface area contributed by atoms with E-state index in [4.69, 9.17) is 11.6 Å². The van der Waals surface area contributed by atoms with Crippen LogP contribution < -0.4 is 15.1 Å². The fraction of sp³-hybridized carbons (Fsp3) is 0.250. The first-order valence-corrected chi connectivity index (χ1v) is 7.14. The lowest BCUT2D eigenvalue weighted by atomic mass is 10.3. The number of nitrogens with zero attached hydrogens (tertiary/aromatic N) is 2. The lowest BCUT2D eigenvalue weighted by molar-refractivity contribution is -0.772. The first-order chi connectivity index (χ1) is 9.58. The Labute approximate surface area is 124 Å². The molecule has 0 spiro atoms. The normalized spacial score (nSPS) is 10.5. The quantitative estimate of drug-likeness (QED) is 0.665. The Kier molecular flexibility index (Phi) is 4.86. The van der Waals surface area contributed by atoms with Crippen molar-refractivity contribution in [2.24, 2.45) is 7.05 Å². The van der Waals surface area contributed by atoms with Crippen LogP contribution in [-0.2, 0) is 11.8 Å². The maximum absolute atomic E-state index is 11.8. The largest absolute Gasteiger partial charge is 0.538 e. The van der Waals surface area contributed by atoms with Gasteiger partial charge in [-0.25, -0.2) is 0 Å². The third-order valence-corrected chi connectivity index (χ3v) is 3.87. The summed E-state index contributed by atoms with van der Waals surface area (Å²) in [7, 11) is 1.61. The van der Waals surface area contributed by atoms with E-state index >= 15 is 0 Å². The van der Waals surface area contributed by atoms with Crippen LogP contribution in [0.2, 0.25) is 5.02 Å². The molecule has 0 bridgehead atoms. The van der Waals surface area contributed by atoms with Crippen molar-refractivity contribution in [3.63, 3.8) is 0 Å². The molecule has 0 aliphatic carbocycles. The second-order valence-electron chi connectivity index (χ2n) is 3.92. The van der Waals surface area contributed by atoms with E-state index in [0.29, 0.717) is 21.5 Å². The topological polar surface area (TPSA) is 82.1 Å². The molecule has 6 nitrogen and oxygen atoms in total. The predicted octanol–water partition coefficient (Wildman–Crippen LogP) is 1.35. The molecule has 1 amide bonds. The summed E-state index contributed by atoms with van der Waals surface area (Å²) in [6, 6.07) is 7.00. The second-order valence-corrected chi connectivity index (χ2v) is 5.41. The van der Waals surface area contributed by atoms with Gasteiger partial charge in [0.15, 0.2) is 13.0 Å². The molecule has 0 saturated carbocycles. The molecule has 2 aromatic rings. The van der Waals surface area contributed by atoms with E-state index < -0.39 is 5.95 Å². The average molecular weight is 314 g/mol. The number of thioether (sulfide) groups is 1. The lowest BCUT2D eigenvalue weighted by Crippen LogP contribution is -2.32. The zero-order chi connectivity index (χ0) is 14.5. The molecule has 0 aliphatic rings. The van der Waals surface area contributed by atoms with Gasteiger partial charge >= 0.3 is 0 Å². The van der Waals surface area contributed by atoms with Crippen LogP contribution in [0.15, 0.2) is 33.8 Å². The van der Waals surface area contributed by atoms with E-state index in [1.807, 2.05) is 0 Å². The van der Waals surface area contributed by atoms with E-state index in [9.17, 15) is 9.90 Å².